The van der Waals surface area contributed by atoms with Gasteiger partial charge in [0.1, 0.15) is 4.71 Å². The zero-order chi connectivity index (χ0) is 20.5. The summed E-state index contributed by atoms with van der Waals surface area (Å²) in [5.74, 6) is -1.40. The largest absolute Gasteiger partial charge is 0.416 e. The van der Waals surface area contributed by atoms with Crippen LogP contribution in [0.15, 0.2) is 53.4 Å². The lowest BCUT2D eigenvalue weighted by Gasteiger charge is -2.20. The van der Waals surface area contributed by atoms with Crippen LogP contribution in [0.4, 0.5) is 18.9 Å². The Hall–Kier alpha value is -2.43. The van der Waals surface area contributed by atoms with Crippen molar-refractivity contribution in [1.82, 2.24) is 0 Å². The molecule has 1 atom stereocenters. The molecule has 2 aromatic rings. The molecule has 0 radical (unpaired) electrons. The van der Waals surface area contributed by atoms with Gasteiger partial charge in [-0.2, -0.15) is 18.4 Å². The van der Waals surface area contributed by atoms with Gasteiger partial charge >= 0.3 is 12.1 Å². The van der Waals surface area contributed by atoms with Crippen LogP contribution < -0.4 is 4.90 Å². The van der Waals surface area contributed by atoms with Crippen molar-refractivity contribution in [3.63, 3.8) is 0 Å². The van der Waals surface area contributed by atoms with Crippen molar-refractivity contribution in [3.8, 4) is 0 Å². The Morgan fingerprint density at radius 2 is 1.89 bits per heavy atom. The minimum absolute atomic E-state index is 0.0942. The number of amides is 1. The summed E-state index contributed by atoms with van der Waals surface area (Å²) in [6.07, 6.45) is -2.98. The van der Waals surface area contributed by atoms with Gasteiger partial charge in [-0.25, -0.2) is 4.79 Å². The predicted molar refractivity (Wildman–Crippen MR) is 102 cm³/mol. The third-order valence-corrected chi connectivity index (χ3v) is 5.38. The van der Waals surface area contributed by atoms with Crippen LogP contribution in [0.5, 0.6) is 0 Å². The summed E-state index contributed by atoms with van der Waals surface area (Å²) in [5, 5.41) is 8.36. The van der Waals surface area contributed by atoms with Gasteiger partial charge in [0.2, 0.25) is 0 Å². The molecule has 1 aliphatic heterocycles. The smallest absolute Gasteiger partial charge is 0.296 e. The molecular formula is C18H12F3NO4S2. The van der Waals surface area contributed by atoms with Crippen molar-refractivity contribution in [2.24, 2.45) is 0 Å². The Labute approximate surface area is 167 Å². The number of halogens is 3. The molecule has 0 aliphatic carbocycles. The maximum atomic E-state index is 12.9. The van der Waals surface area contributed by atoms with Crippen LogP contribution in [0.25, 0.3) is 6.08 Å². The lowest BCUT2D eigenvalue weighted by Crippen LogP contribution is -2.29. The van der Waals surface area contributed by atoms with E-state index < -0.39 is 28.3 Å². The van der Waals surface area contributed by atoms with E-state index in [0.717, 1.165) is 23.9 Å². The van der Waals surface area contributed by atoms with Crippen molar-refractivity contribution in [3.05, 3.63) is 70.1 Å². The van der Waals surface area contributed by atoms with Gasteiger partial charge in [-0.3, -0.25) is 14.6 Å². The molecule has 1 saturated heterocycles. The van der Waals surface area contributed by atoms with Gasteiger partial charge in [0.15, 0.2) is 0 Å². The van der Waals surface area contributed by atoms with E-state index in [9.17, 15) is 22.8 Å². The summed E-state index contributed by atoms with van der Waals surface area (Å²) in [6.45, 7) is 0. The lowest BCUT2D eigenvalue weighted by atomic mass is 10.1. The molecule has 0 bridgehead atoms. The highest BCUT2D eigenvalue weighted by Gasteiger charge is 2.37. The molecule has 1 amide bonds. The third-order valence-electron chi connectivity index (χ3n) is 3.86. The first-order valence-corrected chi connectivity index (χ1v) is 9.13. The number of thiol groups is 1. The number of thioether (sulfide) groups is 1. The van der Waals surface area contributed by atoms with E-state index in [4.69, 9.17) is 5.26 Å². The fourth-order valence-corrected chi connectivity index (χ4v) is 4.06. The van der Waals surface area contributed by atoms with Gasteiger partial charge in [-0.1, -0.05) is 30.0 Å². The summed E-state index contributed by atoms with van der Waals surface area (Å²) in [4.78, 5) is 29.0. The van der Waals surface area contributed by atoms with Crippen molar-refractivity contribution in [2.45, 2.75) is 10.9 Å². The van der Waals surface area contributed by atoms with E-state index in [-0.39, 0.29) is 16.2 Å². The number of alkyl halides is 3. The third kappa shape index (κ3) is 4.18. The molecule has 1 unspecified atom stereocenters. The van der Waals surface area contributed by atoms with Gasteiger partial charge < -0.3 is 0 Å². The molecule has 5 nitrogen and oxygen atoms in total. The normalized spacial score (nSPS) is 18.6. The molecule has 10 heteroatoms. The lowest BCUT2D eigenvalue weighted by molar-refractivity contribution is -0.182. The van der Waals surface area contributed by atoms with E-state index in [1.807, 2.05) is 0 Å². The summed E-state index contributed by atoms with van der Waals surface area (Å²) < 4.78 is 38.1. The van der Waals surface area contributed by atoms with Gasteiger partial charge in [-0.15, -0.1) is 12.6 Å². The van der Waals surface area contributed by atoms with E-state index >= 15 is 0 Å². The average Bonchev–Trinajstić information content (AvgIpc) is 2.94. The Balaban J connectivity index is 1.87. The van der Waals surface area contributed by atoms with E-state index in [0.29, 0.717) is 5.56 Å². The fourth-order valence-electron chi connectivity index (χ4n) is 2.53. The van der Waals surface area contributed by atoms with Crippen molar-refractivity contribution in [1.29, 1.82) is 0 Å². The maximum Gasteiger partial charge on any atom is 0.416 e. The molecule has 28 heavy (non-hydrogen) atoms. The summed E-state index contributed by atoms with van der Waals surface area (Å²) >= 11 is 5.39. The number of benzene rings is 2. The zero-order valence-electron chi connectivity index (χ0n) is 13.9. The molecule has 3 rings (SSSR count). The van der Waals surface area contributed by atoms with Crippen LogP contribution in [0.2, 0.25) is 0 Å². The van der Waals surface area contributed by atoms with Crippen LogP contribution in [0, 0.1) is 0 Å². The van der Waals surface area contributed by atoms with Crippen molar-refractivity contribution >= 4 is 48.0 Å². The second kappa shape index (κ2) is 7.90. The Morgan fingerprint density at radius 1 is 1.21 bits per heavy atom. The molecule has 0 saturated carbocycles. The minimum atomic E-state index is -4.52. The first-order valence-electron chi connectivity index (χ1n) is 7.74. The number of anilines is 1. The predicted octanol–water partition coefficient (Wildman–Crippen LogP) is 4.67. The van der Waals surface area contributed by atoms with Gasteiger partial charge in [0.05, 0.1) is 16.0 Å². The van der Waals surface area contributed by atoms with Gasteiger partial charge in [0, 0.05) is 5.69 Å². The molecule has 0 aromatic heterocycles. The standard InChI is InChI=1S/C18H12F3NO4S2/c19-18(20,21)12-2-1-3-13(9-12)22-15(23)14(28-17(22)27)8-10-4-6-11(7-5-10)16(24)26-25/h1-9,17,25,27H/b14-8-. The number of hydrogen-bond acceptors (Lipinski definition) is 6. The highest BCUT2D eigenvalue weighted by atomic mass is 32.2. The van der Waals surface area contributed by atoms with E-state index in [1.165, 1.54) is 47.4 Å². The molecule has 2 aromatic carbocycles. The minimum Gasteiger partial charge on any atom is -0.296 e. The van der Waals surface area contributed by atoms with Crippen molar-refractivity contribution in [2.75, 3.05) is 4.90 Å². The molecule has 146 valence electrons. The number of nitrogens with zero attached hydrogens (tertiary/aromatic N) is 1. The number of rotatable bonds is 3. The molecule has 1 N–H and O–H groups in total. The molecule has 1 aliphatic rings. The Morgan fingerprint density at radius 3 is 2.50 bits per heavy atom. The van der Waals surface area contributed by atoms with E-state index in [1.54, 1.807) is 0 Å². The molecular weight excluding hydrogens is 415 g/mol. The van der Waals surface area contributed by atoms with Crippen LogP contribution in [0.3, 0.4) is 0 Å². The molecule has 1 heterocycles. The van der Waals surface area contributed by atoms with Gasteiger partial charge in [0.25, 0.3) is 5.91 Å². The fraction of sp³-hybridized carbons (Fsp3) is 0.111. The topological polar surface area (TPSA) is 66.8 Å². The quantitative estimate of drug-likeness (QED) is 0.323. The molecule has 1 fully saturated rings. The highest BCUT2D eigenvalue weighted by molar-refractivity contribution is 8.14. The second-order valence-corrected chi connectivity index (χ2v) is 7.64. The maximum absolute atomic E-state index is 12.9. The van der Waals surface area contributed by atoms with E-state index in [2.05, 4.69) is 17.5 Å². The Bertz CT molecular complexity index is 945. The molecule has 0 spiro atoms. The second-order valence-electron chi connectivity index (χ2n) is 5.68. The monoisotopic (exact) mass is 427 g/mol. The average molecular weight is 427 g/mol. The zero-order valence-corrected chi connectivity index (χ0v) is 15.6. The Kier molecular flexibility index (Phi) is 5.73. The van der Waals surface area contributed by atoms with Crippen molar-refractivity contribution < 1.29 is 32.9 Å². The number of hydrogen-bond donors (Lipinski definition) is 2. The number of carbonyl (C=O) groups is 2. The summed E-state index contributed by atoms with van der Waals surface area (Å²) in [6, 6.07) is 10.4. The first kappa shape index (κ1) is 20.3. The van der Waals surface area contributed by atoms with Crippen LogP contribution in [-0.4, -0.2) is 21.8 Å². The number of carbonyl (C=O) groups excluding carboxylic acids is 2. The SMILES string of the molecule is O=C(OO)c1ccc(/C=C2\SC(S)N(c3cccc(C(F)(F)F)c3)C2=O)cc1. The first-order chi connectivity index (χ1) is 13.2. The summed E-state index contributed by atoms with van der Waals surface area (Å²) in [7, 11) is 0. The van der Waals surface area contributed by atoms with Crippen LogP contribution >= 0.6 is 24.4 Å². The van der Waals surface area contributed by atoms with Gasteiger partial charge in [-0.05, 0) is 42.0 Å². The summed E-state index contributed by atoms with van der Waals surface area (Å²) in [5.41, 5.74) is -0.0617. The van der Waals surface area contributed by atoms with Crippen LogP contribution in [-0.2, 0) is 15.9 Å². The van der Waals surface area contributed by atoms with Crippen LogP contribution in [0.1, 0.15) is 21.5 Å². The highest BCUT2D eigenvalue weighted by Crippen LogP contribution is 2.42.